The van der Waals surface area contributed by atoms with Gasteiger partial charge in [-0.2, -0.15) is 4.31 Å². The first-order valence-electron chi connectivity index (χ1n) is 15.1. The Morgan fingerprint density at radius 3 is 2.64 bits per heavy atom. The molecule has 6 rings (SSSR count). The predicted molar refractivity (Wildman–Crippen MR) is 178 cm³/mol. The molecule has 12 heteroatoms. The van der Waals surface area contributed by atoms with E-state index in [1.165, 1.54) is 10.6 Å². The summed E-state index contributed by atoms with van der Waals surface area (Å²) in [7, 11) is -3.67. The lowest BCUT2D eigenvalue weighted by atomic mass is 9.95. The van der Waals surface area contributed by atoms with Gasteiger partial charge in [-0.3, -0.25) is 14.7 Å². The molecule has 3 heterocycles. The van der Waals surface area contributed by atoms with Crippen LogP contribution in [0.25, 0.3) is 0 Å². The number of aryl methyl sites for hydroxylation is 3. The molecule has 2 aromatic carbocycles. The molecule has 1 amide bonds. The van der Waals surface area contributed by atoms with Crippen molar-refractivity contribution in [2.45, 2.75) is 44.4 Å². The fraction of sp³-hybridized carbons (Fsp3) is 0.364. The molecule has 9 nitrogen and oxygen atoms in total. The van der Waals surface area contributed by atoms with Crippen LogP contribution in [0.5, 0.6) is 0 Å². The Hall–Kier alpha value is -3.09. The zero-order chi connectivity index (χ0) is 31.6. The van der Waals surface area contributed by atoms with Crippen molar-refractivity contribution in [2.24, 2.45) is 0 Å². The number of carbonyl (C=O) groups is 1. The van der Waals surface area contributed by atoms with E-state index in [9.17, 15) is 13.2 Å². The predicted octanol–water partition coefficient (Wildman–Crippen LogP) is 4.95. The van der Waals surface area contributed by atoms with Gasteiger partial charge in [-0.1, -0.05) is 48.0 Å². The molecule has 0 unspecified atom stereocenters. The van der Waals surface area contributed by atoms with Crippen molar-refractivity contribution in [2.75, 3.05) is 32.4 Å². The maximum atomic E-state index is 14.6. The summed E-state index contributed by atoms with van der Waals surface area (Å²) in [5.41, 5.74) is 5.28. The molecule has 2 atom stereocenters. The van der Waals surface area contributed by atoms with Gasteiger partial charge in [0.25, 0.3) is 0 Å². The molecule has 0 bridgehead atoms. The largest absolute Gasteiger partial charge is 0.337 e. The molecular formula is C33H36BrClN6O3S. The SMILES string of the molecule is CS(=O)(=O)N1CCN([C@@H]2c3ccc(Cl)cc3CCc3cc(Br)cnc32)C[C@@H]1C(=O)N(CCCn1ccnc1)Cc1ccccc1. The number of hydrogen-bond donors (Lipinski definition) is 0. The third-order valence-electron chi connectivity index (χ3n) is 8.66. The molecule has 2 aromatic heterocycles. The van der Waals surface area contributed by atoms with Gasteiger partial charge in [-0.05, 0) is 75.6 Å². The molecule has 4 aromatic rings. The van der Waals surface area contributed by atoms with Gasteiger partial charge < -0.3 is 9.47 Å². The highest BCUT2D eigenvalue weighted by Crippen LogP contribution is 2.39. The van der Waals surface area contributed by atoms with Gasteiger partial charge in [0.1, 0.15) is 6.04 Å². The highest BCUT2D eigenvalue weighted by Gasteiger charge is 2.43. The first-order valence-corrected chi connectivity index (χ1v) is 18.1. The maximum Gasteiger partial charge on any atom is 0.242 e. The normalized spacial score (nSPS) is 19.0. The number of hydrogen-bond acceptors (Lipinski definition) is 6. The van der Waals surface area contributed by atoms with Gasteiger partial charge >= 0.3 is 0 Å². The van der Waals surface area contributed by atoms with Crippen LogP contribution < -0.4 is 0 Å². The van der Waals surface area contributed by atoms with Gasteiger partial charge in [0.15, 0.2) is 0 Å². The van der Waals surface area contributed by atoms with E-state index in [0.29, 0.717) is 37.6 Å². The Labute approximate surface area is 278 Å². The van der Waals surface area contributed by atoms with Crippen LogP contribution >= 0.6 is 27.5 Å². The lowest BCUT2D eigenvalue weighted by molar-refractivity contribution is -0.138. The van der Waals surface area contributed by atoms with E-state index in [1.807, 2.05) is 64.3 Å². The van der Waals surface area contributed by atoms with Crippen molar-refractivity contribution in [1.29, 1.82) is 0 Å². The monoisotopic (exact) mass is 710 g/mol. The molecule has 1 aliphatic carbocycles. The zero-order valence-corrected chi connectivity index (χ0v) is 28.3. The Kier molecular flexibility index (Phi) is 9.72. The first kappa shape index (κ1) is 31.9. The van der Waals surface area contributed by atoms with E-state index in [1.54, 1.807) is 12.5 Å². The van der Waals surface area contributed by atoms with Crippen LogP contribution in [0, 0.1) is 0 Å². The van der Waals surface area contributed by atoms with E-state index < -0.39 is 16.1 Å². The number of piperazine rings is 1. The maximum absolute atomic E-state index is 14.6. The van der Waals surface area contributed by atoms with Gasteiger partial charge in [0.05, 0.1) is 24.3 Å². The van der Waals surface area contributed by atoms with Crippen LogP contribution in [0.15, 0.2) is 84.0 Å². The van der Waals surface area contributed by atoms with Crippen molar-refractivity contribution < 1.29 is 13.2 Å². The molecule has 0 saturated carbocycles. The summed E-state index contributed by atoms with van der Waals surface area (Å²) in [4.78, 5) is 27.6. The summed E-state index contributed by atoms with van der Waals surface area (Å²) < 4.78 is 30.6. The van der Waals surface area contributed by atoms with Crippen molar-refractivity contribution >= 4 is 43.5 Å². The molecule has 2 aliphatic rings. The van der Waals surface area contributed by atoms with Crippen LogP contribution in [0.4, 0.5) is 0 Å². The molecule has 1 fully saturated rings. The number of aromatic nitrogens is 3. The summed E-state index contributed by atoms with van der Waals surface area (Å²) in [5.74, 6) is -0.200. The van der Waals surface area contributed by atoms with Crippen LogP contribution in [-0.4, -0.2) is 81.4 Å². The first-order chi connectivity index (χ1) is 21.7. The van der Waals surface area contributed by atoms with Crippen molar-refractivity contribution in [1.82, 2.24) is 28.6 Å². The van der Waals surface area contributed by atoms with Crippen molar-refractivity contribution in [3.05, 3.63) is 117 Å². The second kappa shape index (κ2) is 13.7. The van der Waals surface area contributed by atoms with Crippen LogP contribution in [-0.2, 0) is 40.7 Å². The topological polar surface area (TPSA) is 91.6 Å². The summed E-state index contributed by atoms with van der Waals surface area (Å²) in [6, 6.07) is 16.8. The second-order valence-electron chi connectivity index (χ2n) is 11.7. The van der Waals surface area contributed by atoms with Crippen molar-refractivity contribution in [3.8, 4) is 0 Å². The number of sulfonamides is 1. The number of amides is 1. The fourth-order valence-electron chi connectivity index (χ4n) is 6.55. The third kappa shape index (κ3) is 7.33. The number of carbonyl (C=O) groups excluding carboxylic acids is 1. The molecule has 0 N–H and O–H groups in total. The highest BCUT2D eigenvalue weighted by molar-refractivity contribution is 9.10. The quantitative estimate of drug-likeness (QED) is 0.244. The van der Waals surface area contributed by atoms with E-state index in [4.69, 9.17) is 16.6 Å². The molecule has 1 saturated heterocycles. The molecular weight excluding hydrogens is 676 g/mol. The Balaban J connectivity index is 1.35. The minimum atomic E-state index is -3.67. The molecule has 0 spiro atoms. The van der Waals surface area contributed by atoms with Crippen LogP contribution in [0.1, 0.15) is 40.4 Å². The Bertz CT molecular complexity index is 1700. The van der Waals surface area contributed by atoms with Crippen LogP contribution in [0.3, 0.4) is 0 Å². The van der Waals surface area contributed by atoms with Crippen LogP contribution in [0.2, 0.25) is 5.02 Å². The molecule has 0 radical (unpaired) electrons. The van der Waals surface area contributed by atoms with E-state index >= 15 is 0 Å². The van der Waals surface area contributed by atoms with E-state index in [-0.39, 0.29) is 25.0 Å². The number of benzene rings is 2. The van der Waals surface area contributed by atoms with Gasteiger partial charge in [-0.25, -0.2) is 13.4 Å². The highest BCUT2D eigenvalue weighted by atomic mass is 79.9. The van der Waals surface area contributed by atoms with Gasteiger partial charge in [0, 0.05) is 67.4 Å². The number of nitrogens with zero attached hydrogens (tertiary/aromatic N) is 6. The minimum absolute atomic E-state index is 0.200. The smallest absolute Gasteiger partial charge is 0.242 e. The van der Waals surface area contributed by atoms with E-state index in [0.717, 1.165) is 45.3 Å². The Morgan fingerprint density at radius 1 is 1.09 bits per heavy atom. The lowest BCUT2D eigenvalue weighted by Crippen LogP contribution is -2.61. The fourth-order valence-corrected chi connectivity index (χ4v) is 8.15. The Morgan fingerprint density at radius 2 is 1.89 bits per heavy atom. The average molecular weight is 712 g/mol. The standard InChI is InChI=1S/C33H36BrClN6O3S/c1-45(43,44)41-17-16-39(32-29-11-10-28(35)19-25(29)8-9-26-18-27(34)20-37-31(26)32)22-30(41)33(42)40(21-24-6-3-2-4-7-24)14-5-13-38-15-12-36-23-38/h2-4,6-7,10-12,15,18-20,23,30,32H,5,8-9,13-14,16-17,21-22H2,1H3/t30-,32-/m1/s1. The van der Waals surface area contributed by atoms with Gasteiger partial charge in [-0.15, -0.1) is 0 Å². The average Bonchev–Trinajstić information content (AvgIpc) is 3.49. The summed E-state index contributed by atoms with van der Waals surface area (Å²) in [5, 5.41) is 0.676. The summed E-state index contributed by atoms with van der Waals surface area (Å²) in [6.07, 6.45) is 10.7. The minimum Gasteiger partial charge on any atom is -0.337 e. The number of fused-ring (bicyclic) bond motifs is 2. The summed E-state index contributed by atoms with van der Waals surface area (Å²) in [6.45, 7) is 2.46. The summed E-state index contributed by atoms with van der Waals surface area (Å²) >= 11 is 10.0. The number of rotatable bonds is 9. The lowest BCUT2D eigenvalue weighted by Gasteiger charge is -2.44. The number of halogens is 2. The third-order valence-corrected chi connectivity index (χ3v) is 10.6. The van der Waals surface area contributed by atoms with Crippen molar-refractivity contribution in [3.63, 3.8) is 0 Å². The second-order valence-corrected chi connectivity index (χ2v) is 15.0. The molecule has 45 heavy (non-hydrogen) atoms. The van der Waals surface area contributed by atoms with Gasteiger partial charge in [0.2, 0.25) is 15.9 Å². The van der Waals surface area contributed by atoms with E-state index in [2.05, 4.69) is 37.9 Å². The zero-order valence-electron chi connectivity index (χ0n) is 25.1. The molecule has 1 aliphatic heterocycles. The number of pyridine rings is 1. The molecule has 236 valence electrons. The number of imidazole rings is 1.